The maximum atomic E-state index is 10.9. The normalized spacial score (nSPS) is 10.5. The predicted octanol–water partition coefficient (Wildman–Crippen LogP) is 1.56. The molecule has 0 radical (unpaired) electrons. The number of carbonyl (C=O) groups is 1. The molecule has 2 rings (SSSR count). The lowest BCUT2D eigenvalue weighted by molar-refractivity contribution is -0.118. The second-order valence-electron chi connectivity index (χ2n) is 4.15. The van der Waals surface area contributed by atoms with E-state index >= 15 is 0 Å². The van der Waals surface area contributed by atoms with Gasteiger partial charge in [-0.3, -0.25) is 4.79 Å². The first-order valence-electron chi connectivity index (χ1n) is 5.89. The van der Waals surface area contributed by atoms with Crippen LogP contribution in [0.5, 0.6) is 0 Å². The van der Waals surface area contributed by atoms with E-state index in [4.69, 9.17) is 22.6 Å². The number of hydrogen-bond donors (Lipinski definition) is 1. The Morgan fingerprint density at radius 2 is 2.32 bits per heavy atom. The van der Waals surface area contributed by atoms with Crippen molar-refractivity contribution in [3.8, 4) is 6.07 Å². The first-order valence-corrected chi connectivity index (χ1v) is 6.42. The molecular weight excluding hydrogens is 264 g/mol. The number of benzene rings is 1. The van der Waals surface area contributed by atoms with Gasteiger partial charge in [-0.1, -0.05) is 0 Å². The summed E-state index contributed by atoms with van der Waals surface area (Å²) in [5.41, 5.74) is 7.37. The summed E-state index contributed by atoms with van der Waals surface area (Å²) in [6, 6.07) is 7.38. The standard InChI is InChI=1S/C13H13ClN4O/c14-5-3-13-17-10-2-1-9(8-15)7-11(10)18(13)6-4-12(16)19/h1-2,7H,3-6H2,(H2,16,19). The number of nitriles is 1. The molecule has 0 saturated heterocycles. The van der Waals surface area contributed by atoms with E-state index in [1.807, 2.05) is 4.57 Å². The lowest BCUT2D eigenvalue weighted by atomic mass is 10.2. The van der Waals surface area contributed by atoms with Crippen molar-refractivity contribution >= 4 is 28.5 Å². The largest absolute Gasteiger partial charge is 0.370 e. The average molecular weight is 277 g/mol. The number of nitrogens with zero attached hydrogens (tertiary/aromatic N) is 3. The molecule has 0 aliphatic rings. The molecule has 98 valence electrons. The topological polar surface area (TPSA) is 84.7 Å². The average Bonchev–Trinajstić information content (AvgIpc) is 2.73. The minimum absolute atomic E-state index is 0.234. The van der Waals surface area contributed by atoms with Crippen LogP contribution in [0.4, 0.5) is 0 Å². The zero-order valence-corrected chi connectivity index (χ0v) is 11.0. The van der Waals surface area contributed by atoms with E-state index in [2.05, 4.69) is 11.1 Å². The Kier molecular flexibility index (Phi) is 4.03. The van der Waals surface area contributed by atoms with Crippen LogP contribution < -0.4 is 5.73 Å². The summed E-state index contributed by atoms with van der Waals surface area (Å²) < 4.78 is 1.91. The van der Waals surface area contributed by atoms with E-state index < -0.39 is 0 Å². The van der Waals surface area contributed by atoms with Gasteiger partial charge in [0.15, 0.2) is 0 Å². The molecule has 19 heavy (non-hydrogen) atoms. The van der Waals surface area contributed by atoms with Gasteiger partial charge in [-0.2, -0.15) is 5.26 Å². The highest BCUT2D eigenvalue weighted by atomic mass is 35.5. The van der Waals surface area contributed by atoms with Gasteiger partial charge in [-0.05, 0) is 18.2 Å². The van der Waals surface area contributed by atoms with Crippen molar-refractivity contribution in [1.82, 2.24) is 9.55 Å². The summed E-state index contributed by atoms with van der Waals surface area (Å²) in [6.45, 7) is 0.451. The molecule has 0 saturated carbocycles. The third-order valence-electron chi connectivity index (χ3n) is 2.86. The molecule has 0 fully saturated rings. The Morgan fingerprint density at radius 3 is 2.95 bits per heavy atom. The van der Waals surface area contributed by atoms with Gasteiger partial charge >= 0.3 is 0 Å². The van der Waals surface area contributed by atoms with Gasteiger partial charge in [-0.15, -0.1) is 11.6 Å². The molecule has 0 atom stereocenters. The fourth-order valence-electron chi connectivity index (χ4n) is 1.99. The van der Waals surface area contributed by atoms with Crippen LogP contribution in [0.15, 0.2) is 18.2 Å². The Labute approximate surface area is 115 Å². The van der Waals surface area contributed by atoms with Gasteiger partial charge in [0.1, 0.15) is 5.82 Å². The smallest absolute Gasteiger partial charge is 0.219 e. The van der Waals surface area contributed by atoms with Gasteiger partial charge in [0, 0.05) is 25.3 Å². The molecule has 5 nitrogen and oxygen atoms in total. The summed E-state index contributed by atoms with van der Waals surface area (Å²) in [6.07, 6.45) is 0.842. The molecule has 1 amide bonds. The summed E-state index contributed by atoms with van der Waals surface area (Å²) in [5, 5.41) is 8.94. The number of aryl methyl sites for hydroxylation is 2. The first kappa shape index (κ1) is 13.4. The number of rotatable bonds is 5. The second-order valence-corrected chi connectivity index (χ2v) is 4.53. The number of imidazole rings is 1. The molecular formula is C13H13ClN4O. The van der Waals surface area contributed by atoms with Gasteiger partial charge < -0.3 is 10.3 Å². The van der Waals surface area contributed by atoms with E-state index in [-0.39, 0.29) is 12.3 Å². The third-order valence-corrected chi connectivity index (χ3v) is 3.05. The van der Waals surface area contributed by atoms with Gasteiger partial charge in [-0.25, -0.2) is 4.98 Å². The van der Waals surface area contributed by atoms with E-state index in [0.29, 0.717) is 24.4 Å². The van der Waals surface area contributed by atoms with Crippen LogP contribution in [-0.4, -0.2) is 21.3 Å². The number of halogens is 1. The lowest BCUT2D eigenvalue weighted by Gasteiger charge is -2.06. The van der Waals surface area contributed by atoms with Crippen molar-refractivity contribution < 1.29 is 4.79 Å². The molecule has 0 aliphatic heterocycles. The monoisotopic (exact) mass is 276 g/mol. The van der Waals surface area contributed by atoms with Gasteiger partial charge in [0.25, 0.3) is 0 Å². The van der Waals surface area contributed by atoms with E-state index in [9.17, 15) is 4.79 Å². The number of amides is 1. The molecule has 0 aliphatic carbocycles. The molecule has 6 heteroatoms. The predicted molar refractivity (Wildman–Crippen MR) is 72.7 cm³/mol. The SMILES string of the molecule is N#Cc1ccc2nc(CCCl)n(CCC(N)=O)c2c1. The van der Waals surface area contributed by atoms with E-state index in [1.165, 1.54) is 0 Å². The highest BCUT2D eigenvalue weighted by Gasteiger charge is 2.11. The second kappa shape index (κ2) is 5.72. The highest BCUT2D eigenvalue weighted by molar-refractivity contribution is 6.17. The van der Waals surface area contributed by atoms with Crippen molar-refractivity contribution in [2.75, 3.05) is 5.88 Å². The zero-order chi connectivity index (χ0) is 13.8. The van der Waals surface area contributed by atoms with Crippen LogP contribution in [0, 0.1) is 11.3 Å². The summed E-state index contributed by atoms with van der Waals surface area (Å²) in [4.78, 5) is 15.4. The maximum Gasteiger partial charge on any atom is 0.219 e. The quantitative estimate of drug-likeness (QED) is 0.841. The molecule has 1 heterocycles. The Hall–Kier alpha value is -2.06. The Morgan fingerprint density at radius 1 is 1.53 bits per heavy atom. The van der Waals surface area contributed by atoms with E-state index in [1.54, 1.807) is 18.2 Å². The van der Waals surface area contributed by atoms with Crippen molar-refractivity contribution in [2.24, 2.45) is 5.73 Å². The van der Waals surface area contributed by atoms with E-state index in [0.717, 1.165) is 16.9 Å². The molecule has 1 aromatic carbocycles. The number of primary amides is 1. The molecule has 2 N–H and O–H groups in total. The van der Waals surface area contributed by atoms with Crippen molar-refractivity contribution in [2.45, 2.75) is 19.4 Å². The van der Waals surface area contributed by atoms with Crippen molar-refractivity contribution in [3.05, 3.63) is 29.6 Å². The van der Waals surface area contributed by atoms with Gasteiger partial charge in [0.05, 0.1) is 22.7 Å². The number of nitrogens with two attached hydrogens (primary N) is 1. The number of aromatic nitrogens is 2. The minimum atomic E-state index is -0.366. The van der Waals surface area contributed by atoms with Crippen molar-refractivity contribution in [1.29, 1.82) is 5.26 Å². The fourth-order valence-corrected chi connectivity index (χ4v) is 2.16. The molecule has 2 aromatic rings. The van der Waals surface area contributed by atoms with Crippen LogP contribution in [0.2, 0.25) is 0 Å². The molecule has 1 aromatic heterocycles. The Bertz CT molecular complexity index is 656. The Balaban J connectivity index is 2.50. The summed E-state index contributed by atoms with van der Waals surface area (Å²) in [7, 11) is 0. The first-order chi connectivity index (χ1) is 9.15. The number of carbonyl (C=O) groups excluding carboxylic acids is 1. The van der Waals surface area contributed by atoms with Crippen LogP contribution in [-0.2, 0) is 17.8 Å². The third kappa shape index (κ3) is 2.85. The summed E-state index contributed by atoms with van der Waals surface area (Å²) in [5.74, 6) is 0.891. The van der Waals surface area contributed by atoms with Gasteiger partial charge in [0.2, 0.25) is 5.91 Å². The fraction of sp³-hybridized carbons (Fsp3) is 0.308. The van der Waals surface area contributed by atoms with Crippen LogP contribution in [0.25, 0.3) is 11.0 Å². The molecule has 0 unspecified atom stereocenters. The number of fused-ring (bicyclic) bond motifs is 1. The number of alkyl halides is 1. The maximum absolute atomic E-state index is 10.9. The lowest BCUT2D eigenvalue weighted by Crippen LogP contribution is -2.15. The summed E-state index contributed by atoms with van der Waals surface area (Å²) >= 11 is 5.76. The number of hydrogen-bond acceptors (Lipinski definition) is 3. The minimum Gasteiger partial charge on any atom is -0.370 e. The highest BCUT2D eigenvalue weighted by Crippen LogP contribution is 2.19. The van der Waals surface area contributed by atoms with Crippen LogP contribution >= 0.6 is 11.6 Å². The van der Waals surface area contributed by atoms with Crippen molar-refractivity contribution in [3.63, 3.8) is 0 Å². The van der Waals surface area contributed by atoms with Crippen LogP contribution in [0.3, 0.4) is 0 Å². The van der Waals surface area contributed by atoms with Crippen LogP contribution in [0.1, 0.15) is 17.8 Å². The molecule has 0 spiro atoms. The zero-order valence-electron chi connectivity index (χ0n) is 10.3. The molecule has 0 bridgehead atoms.